The van der Waals surface area contributed by atoms with Crippen LogP contribution >= 0.6 is 27.5 Å². The first-order chi connectivity index (χ1) is 13.0. The second kappa shape index (κ2) is 8.76. The molecule has 2 aromatic rings. The fraction of sp³-hybridized carbons (Fsp3) is 0.300. The van der Waals surface area contributed by atoms with Crippen LogP contribution in [0.4, 0.5) is 4.79 Å². The molecule has 3 rings (SSSR count). The molecule has 1 aliphatic rings. The van der Waals surface area contributed by atoms with Crippen LogP contribution in [0.3, 0.4) is 0 Å². The van der Waals surface area contributed by atoms with Gasteiger partial charge in [-0.1, -0.05) is 39.7 Å². The summed E-state index contributed by atoms with van der Waals surface area (Å²) in [6, 6.07) is 11.6. The molecule has 0 unspecified atom stereocenters. The van der Waals surface area contributed by atoms with Gasteiger partial charge in [-0.2, -0.15) is 0 Å². The summed E-state index contributed by atoms with van der Waals surface area (Å²) in [5, 5.41) is 0.654. The minimum absolute atomic E-state index is 0.411. The number of carbonyl (C=O) groups is 1. The standard InChI is InChI=1S/C20H20BrClN2O3/c1-26-18-9-7-14(21)12-13(18)6-8-15-16(4-3-5-17(15)22)19-23-10-11-24(19)20(25)27-2/h3-5,7,9,12H,6,8,10-11H2,1-2H3. The van der Waals surface area contributed by atoms with E-state index < -0.39 is 6.09 Å². The number of aliphatic imine (C=N–C) groups is 1. The van der Waals surface area contributed by atoms with Crippen molar-refractivity contribution in [3.05, 3.63) is 62.6 Å². The van der Waals surface area contributed by atoms with Gasteiger partial charge in [0.25, 0.3) is 0 Å². The third kappa shape index (κ3) is 4.28. The predicted molar refractivity (Wildman–Crippen MR) is 110 cm³/mol. The summed E-state index contributed by atoms with van der Waals surface area (Å²) in [6.45, 7) is 1.06. The summed E-state index contributed by atoms with van der Waals surface area (Å²) in [5.41, 5.74) is 2.89. The topological polar surface area (TPSA) is 51.1 Å². The molecule has 0 aromatic heterocycles. The number of carbonyl (C=O) groups excluding carboxylic acids is 1. The number of halogens is 2. The van der Waals surface area contributed by atoms with E-state index in [1.165, 1.54) is 7.11 Å². The van der Waals surface area contributed by atoms with Crippen LogP contribution in [0.1, 0.15) is 16.7 Å². The summed E-state index contributed by atoms with van der Waals surface area (Å²) >= 11 is 10.0. The van der Waals surface area contributed by atoms with E-state index in [0.29, 0.717) is 30.4 Å². The summed E-state index contributed by atoms with van der Waals surface area (Å²) < 4.78 is 11.3. The Morgan fingerprint density at radius 1 is 1.26 bits per heavy atom. The molecular weight excluding hydrogens is 432 g/mol. The van der Waals surface area contributed by atoms with Gasteiger partial charge in [0.15, 0.2) is 0 Å². The zero-order chi connectivity index (χ0) is 19.4. The third-order valence-electron chi connectivity index (χ3n) is 4.48. The van der Waals surface area contributed by atoms with Gasteiger partial charge in [-0.15, -0.1) is 0 Å². The van der Waals surface area contributed by atoms with Crippen LogP contribution < -0.4 is 4.74 Å². The highest BCUT2D eigenvalue weighted by Crippen LogP contribution is 2.28. The van der Waals surface area contributed by atoms with Crippen molar-refractivity contribution in [2.45, 2.75) is 12.8 Å². The molecule has 0 atom stereocenters. The van der Waals surface area contributed by atoms with Crippen molar-refractivity contribution in [2.24, 2.45) is 4.99 Å². The van der Waals surface area contributed by atoms with Crippen LogP contribution in [-0.2, 0) is 17.6 Å². The van der Waals surface area contributed by atoms with Gasteiger partial charge < -0.3 is 9.47 Å². The molecule has 0 saturated carbocycles. The highest BCUT2D eigenvalue weighted by atomic mass is 79.9. The molecule has 5 nitrogen and oxygen atoms in total. The largest absolute Gasteiger partial charge is 0.496 e. The normalized spacial score (nSPS) is 13.5. The first-order valence-electron chi connectivity index (χ1n) is 8.55. The molecule has 142 valence electrons. The molecule has 2 aromatic carbocycles. The van der Waals surface area contributed by atoms with E-state index in [9.17, 15) is 4.79 Å². The van der Waals surface area contributed by atoms with Gasteiger partial charge in [-0.25, -0.2) is 4.79 Å². The van der Waals surface area contributed by atoms with Crippen LogP contribution in [-0.4, -0.2) is 44.1 Å². The van der Waals surface area contributed by atoms with E-state index in [4.69, 9.17) is 21.1 Å². The van der Waals surface area contributed by atoms with Crippen LogP contribution in [0.15, 0.2) is 45.9 Å². The second-order valence-electron chi connectivity index (χ2n) is 6.05. The van der Waals surface area contributed by atoms with Gasteiger partial charge in [0, 0.05) is 15.1 Å². The highest BCUT2D eigenvalue weighted by Gasteiger charge is 2.27. The molecule has 0 fully saturated rings. The average molecular weight is 452 g/mol. The summed E-state index contributed by atoms with van der Waals surface area (Å²) in [6.07, 6.45) is 1.02. The fourth-order valence-corrected chi connectivity index (χ4v) is 3.87. The Bertz CT molecular complexity index is 886. The molecule has 1 heterocycles. The van der Waals surface area contributed by atoms with Crippen molar-refractivity contribution >= 4 is 39.5 Å². The van der Waals surface area contributed by atoms with Crippen molar-refractivity contribution in [1.82, 2.24) is 4.90 Å². The van der Waals surface area contributed by atoms with E-state index in [1.807, 2.05) is 36.4 Å². The van der Waals surface area contributed by atoms with E-state index >= 15 is 0 Å². The van der Waals surface area contributed by atoms with Crippen molar-refractivity contribution in [3.63, 3.8) is 0 Å². The predicted octanol–water partition coefficient (Wildman–Crippen LogP) is 4.72. The second-order valence-corrected chi connectivity index (χ2v) is 7.37. The van der Waals surface area contributed by atoms with Crippen molar-refractivity contribution in [3.8, 4) is 5.75 Å². The molecule has 27 heavy (non-hydrogen) atoms. The van der Waals surface area contributed by atoms with Gasteiger partial charge in [0.05, 0.1) is 27.3 Å². The SMILES string of the molecule is COC(=O)N1CCN=C1c1cccc(Cl)c1CCc1cc(Br)ccc1OC. The number of benzene rings is 2. The Morgan fingerprint density at radius 2 is 2.07 bits per heavy atom. The number of methoxy groups -OCH3 is 2. The van der Waals surface area contributed by atoms with Gasteiger partial charge >= 0.3 is 6.09 Å². The van der Waals surface area contributed by atoms with Crippen LogP contribution in [0.25, 0.3) is 0 Å². The Balaban J connectivity index is 1.91. The van der Waals surface area contributed by atoms with Gasteiger partial charge in [-0.3, -0.25) is 9.89 Å². The Kier molecular flexibility index (Phi) is 6.39. The molecule has 0 radical (unpaired) electrons. The van der Waals surface area contributed by atoms with Crippen LogP contribution in [0, 0.1) is 0 Å². The molecule has 0 bridgehead atoms. The number of hydrogen-bond donors (Lipinski definition) is 0. The zero-order valence-corrected chi connectivity index (χ0v) is 17.5. The number of ether oxygens (including phenoxy) is 2. The summed E-state index contributed by atoms with van der Waals surface area (Å²) in [5.74, 6) is 1.45. The Labute approximate surface area is 172 Å². The summed E-state index contributed by atoms with van der Waals surface area (Å²) in [7, 11) is 3.03. The minimum atomic E-state index is -0.411. The molecule has 0 aliphatic carbocycles. The van der Waals surface area contributed by atoms with Gasteiger partial charge in [-0.05, 0) is 48.2 Å². The lowest BCUT2D eigenvalue weighted by atomic mass is 9.98. The van der Waals surface area contributed by atoms with E-state index in [1.54, 1.807) is 12.0 Å². The lowest BCUT2D eigenvalue weighted by molar-refractivity contribution is 0.149. The highest BCUT2D eigenvalue weighted by molar-refractivity contribution is 9.10. The van der Waals surface area contributed by atoms with Crippen LogP contribution in [0.5, 0.6) is 5.75 Å². The minimum Gasteiger partial charge on any atom is -0.496 e. The number of amides is 1. The molecule has 0 spiro atoms. The monoisotopic (exact) mass is 450 g/mol. The number of rotatable bonds is 5. The average Bonchev–Trinajstić information content (AvgIpc) is 3.16. The molecule has 1 amide bonds. The smallest absolute Gasteiger partial charge is 0.415 e. The number of nitrogens with zero attached hydrogens (tertiary/aromatic N) is 2. The molecule has 7 heteroatoms. The number of hydrogen-bond acceptors (Lipinski definition) is 4. The first kappa shape index (κ1) is 19.7. The molecule has 0 saturated heterocycles. The summed E-state index contributed by atoms with van der Waals surface area (Å²) in [4.78, 5) is 18.1. The maximum absolute atomic E-state index is 12.1. The Hall–Kier alpha value is -2.05. The maximum Gasteiger partial charge on any atom is 0.415 e. The maximum atomic E-state index is 12.1. The lowest BCUT2D eigenvalue weighted by Crippen LogP contribution is -2.35. The molecule has 1 aliphatic heterocycles. The Morgan fingerprint density at radius 3 is 2.81 bits per heavy atom. The van der Waals surface area contributed by atoms with Crippen LogP contribution in [0.2, 0.25) is 5.02 Å². The zero-order valence-electron chi connectivity index (χ0n) is 15.2. The van der Waals surface area contributed by atoms with Crippen molar-refractivity contribution in [1.29, 1.82) is 0 Å². The number of aryl methyl sites for hydroxylation is 1. The van der Waals surface area contributed by atoms with E-state index in [2.05, 4.69) is 20.9 Å². The molecular formula is C20H20BrClN2O3. The van der Waals surface area contributed by atoms with Crippen molar-refractivity contribution in [2.75, 3.05) is 27.3 Å². The fourth-order valence-electron chi connectivity index (χ4n) is 3.19. The quantitative estimate of drug-likeness (QED) is 0.661. The van der Waals surface area contributed by atoms with Crippen molar-refractivity contribution < 1.29 is 14.3 Å². The molecule has 0 N–H and O–H groups in total. The van der Waals surface area contributed by atoms with E-state index in [0.717, 1.165) is 33.3 Å². The number of amidine groups is 1. The van der Waals surface area contributed by atoms with Gasteiger partial charge in [0.1, 0.15) is 11.6 Å². The first-order valence-corrected chi connectivity index (χ1v) is 9.72. The third-order valence-corrected chi connectivity index (χ3v) is 5.33. The lowest BCUT2D eigenvalue weighted by Gasteiger charge is -2.20. The van der Waals surface area contributed by atoms with Gasteiger partial charge in [0.2, 0.25) is 0 Å². The van der Waals surface area contributed by atoms with E-state index in [-0.39, 0.29) is 0 Å².